The molecule has 1 saturated heterocycles. The molecule has 146 valence electrons. The van der Waals surface area contributed by atoms with E-state index in [1.54, 1.807) is 7.05 Å². The molecule has 1 atom stereocenters. The first-order valence-electron chi connectivity index (χ1n) is 9.93. The maximum atomic E-state index is 13.1. The molecule has 1 unspecified atom stereocenters. The van der Waals surface area contributed by atoms with Gasteiger partial charge in [0, 0.05) is 13.7 Å². The van der Waals surface area contributed by atoms with Crippen molar-refractivity contribution < 1.29 is 18.9 Å². The van der Waals surface area contributed by atoms with Crippen LogP contribution in [0, 0.1) is 6.92 Å². The predicted molar refractivity (Wildman–Crippen MR) is 99.0 cm³/mol. The number of carbonyl (C=O) groups is 2. The number of likely N-dealkylation sites (N-methyl/N-ethyl adjacent to an activating group) is 1. The molecule has 8 nitrogen and oxygen atoms in total. The number of ether oxygens (including phenoxy) is 1. The molecular weight excluding hydrogens is 346 g/mol. The minimum Gasteiger partial charge on any atom is -0.380 e. The first kappa shape index (κ1) is 18.2. The first-order valence-corrected chi connectivity index (χ1v) is 9.93. The molecule has 1 aromatic rings. The van der Waals surface area contributed by atoms with Gasteiger partial charge in [-0.15, -0.1) is 0 Å². The third-order valence-corrected chi connectivity index (χ3v) is 5.85. The molecule has 3 heterocycles. The Morgan fingerprint density at radius 2 is 2.00 bits per heavy atom. The highest BCUT2D eigenvalue weighted by atomic mass is 16.5. The Balaban J connectivity index is 1.68. The number of hydrogen-bond acceptors (Lipinski definition) is 4. The molecule has 2 fully saturated rings. The molecule has 3 amide bonds. The van der Waals surface area contributed by atoms with E-state index in [2.05, 4.69) is 11.5 Å². The normalized spacial score (nSPS) is 22.9. The lowest BCUT2D eigenvalue weighted by atomic mass is 9.95. The topological polar surface area (TPSA) is 71.0 Å². The number of fused-ring (bicyclic) bond motifs is 3. The lowest BCUT2D eigenvalue weighted by Crippen LogP contribution is -2.63. The predicted octanol–water partition coefficient (Wildman–Crippen LogP) is 2.10. The zero-order valence-corrected chi connectivity index (χ0v) is 16.3. The lowest BCUT2D eigenvalue weighted by molar-refractivity contribution is -0.677. The van der Waals surface area contributed by atoms with Crippen LogP contribution in [0.4, 0.5) is 10.7 Å². The van der Waals surface area contributed by atoms with Crippen LogP contribution in [0.5, 0.6) is 0 Å². The Morgan fingerprint density at radius 3 is 2.70 bits per heavy atom. The second-order valence-electron chi connectivity index (χ2n) is 7.54. The zero-order chi connectivity index (χ0) is 19.1. The van der Waals surface area contributed by atoms with Crippen LogP contribution >= 0.6 is 0 Å². The van der Waals surface area contributed by atoms with Crippen molar-refractivity contribution in [2.24, 2.45) is 4.99 Å². The van der Waals surface area contributed by atoms with Gasteiger partial charge in [0.15, 0.2) is 0 Å². The summed E-state index contributed by atoms with van der Waals surface area (Å²) in [7, 11) is 1.69. The third-order valence-electron chi connectivity index (χ3n) is 5.85. The minimum absolute atomic E-state index is 0.221. The van der Waals surface area contributed by atoms with E-state index in [0.29, 0.717) is 25.1 Å². The average molecular weight is 374 g/mol. The van der Waals surface area contributed by atoms with E-state index in [1.807, 2.05) is 17.7 Å². The van der Waals surface area contributed by atoms with Gasteiger partial charge in [-0.1, -0.05) is 11.4 Å². The Hall–Kier alpha value is -2.22. The number of aromatic nitrogens is 2. The smallest absolute Gasteiger partial charge is 0.380 e. The van der Waals surface area contributed by atoms with Crippen molar-refractivity contribution in [2.45, 2.75) is 58.0 Å². The summed E-state index contributed by atoms with van der Waals surface area (Å²) in [4.78, 5) is 33.3. The monoisotopic (exact) mass is 374 g/mol. The van der Waals surface area contributed by atoms with Crippen LogP contribution in [-0.2, 0) is 9.53 Å². The lowest BCUT2D eigenvalue weighted by Gasteiger charge is -2.32. The van der Waals surface area contributed by atoms with E-state index in [4.69, 9.17) is 9.73 Å². The summed E-state index contributed by atoms with van der Waals surface area (Å²) in [5.74, 6) is 1.09. The molecule has 1 aromatic heterocycles. The van der Waals surface area contributed by atoms with Gasteiger partial charge in [-0.25, -0.2) is 13.9 Å². The van der Waals surface area contributed by atoms with Crippen molar-refractivity contribution in [1.29, 1.82) is 0 Å². The minimum atomic E-state index is -0.562. The van der Waals surface area contributed by atoms with Gasteiger partial charge in [-0.3, -0.25) is 14.6 Å². The summed E-state index contributed by atoms with van der Waals surface area (Å²) in [5, 5.41) is 0. The van der Waals surface area contributed by atoms with Gasteiger partial charge in [0.25, 0.3) is 5.91 Å². The Bertz CT molecular complexity index is 794. The Labute approximate surface area is 159 Å². The molecule has 0 spiro atoms. The Kier molecular flexibility index (Phi) is 4.75. The number of carbonyl (C=O) groups excluding carboxylic acids is 2. The van der Waals surface area contributed by atoms with Gasteiger partial charge < -0.3 is 4.74 Å². The third kappa shape index (κ3) is 2.86. The van der Waals surface area contributed by atoms with E-state index in [0.717, 1.165) is 24.5 Å². The van der Waals surface area contributed by atoms with Crippen LogP contribution in [0.3, 0.4) is 0 Å². The number of aliphatic imine (C=N–C) groups is 1. The molecule has 2 aliphatic heterocycles. The maximum absolute atomic E-state index is 13.1. The standard InChI is InChI=1S/C19H28N5O3/c1-4-27-11-10-22-17(25)15-16(21(3)19(22)26)20-18-23(15)12-13(2)24(18)14-8-6-5-7-9-14/h12,14-15H,4-11H2,1-3H3/q+1. The van der Waals surface area contributed by atoms with E-state index in [9.17, 15) is 9.59 Å². The van der Waals surface area contributed by atoms with Crippen molar-refractivity contribution in [1.82, 2.24) is 14.4 Å². The summed E-state index contributed by atoms with van der Waals surface area (Å²) in [6, 6.07) is -0.473. The maximum Gasteiger partial charge on any atom is 0.402 e. The van der Waals surface area contributed by atoms with E-state index in [1.165, 1.54) is 29.1 Å². The Morgan fingerprint density at radius 1 is 1.26 bits per heavy atom. The highest BCUT2D eigenvalue weighted by Gasteiger charge is 2.53. The van der Waals surface area contributed by atoms with Crippen molar-refractivity contribution in [3.05, 3.63) is 11.9 Å². The molecule has 4 rings (SSSR count). The first-order chi connectivity index (χ1) is 13.0. The van der Waals surface area contributed by atoms with Crippen LogP contribution in [0.1, 0.15) is 56.8 Å². The van der Waals surface area contributed by atoms with Crippen molar-refractivity contribution in [3.8, 4) is 0 Å². The number of hydrogen-bond donors (Lipinski definition) is 0. The number of amidine groups is 1. The molecule has 0 N–H and O–H groups in total. The molecule has 27 heavy (non-hydrogen) atoms. The van der Waals surface area contributed by atoms with Gasteiger partial charge >= 0.3 is 12.0 Å². The van der Waals surface area contributed by atoms with Crippen molar-refractivity contribution in [3.63, 3.8) is 0 Å². The van der Waals surface area contributed by atoms with E-state index in [-0.39, 0.29) is 18.5 Å². The average Bonchev–Trinajstić information content (AvgIpc) is 3.18. The fourth-order valence-electron chi connectivity index (χ4n) is 4.50. The largest absolute Gasteiger partial charge is 0.402 e. The SMILES string of the molecule is CCOCCN1C(=O)C2C(=Nc3n(C4CCCCC4)c(C)c[n+]32)N(C)C1=O. The summed E-state index contributed by atoms with van der Waals surface area (Å²) in [6.45, 7) is 5.14. The van der Waals surface area contributed by atoms with Crippen molar-refractivity contribution >= 4 is 23.7 Å². The molecule has 0 radical (unpaired) electrons. The number of urea groups is 1. The van der Waals surface area contributed by atoms with Gasteiger partial charge in [0.1, 0.15) is 11.9 Å². The summed E-state index contributed by atoms with van der Waals surface area (Å²) < 4.78 is 9.55. The number of imidazole rings is 1. The van der Waals surface area contributed by atoms with Gasteiger partial charge in [-0.05, 0) is 39.5 Å². The molecule has 0 aromatic carbocycles. The van der Waals surface area contributed by atoms with E-state index >= 15 is 0 Å². The van der Waals surface area contributed by atoms with Crippen LogP contribution < -0.4 is 4.57 Å². The van der Waals surface area contributed by atoms with Crippen LogP contribution in [0.2, 0.25) is 0 Å². The fraction of sp³-hybridized carbons (Fsp3) is 0.684. The fourth-order valence-corrected chi connectivity index (χ4v) is 4.50. The summed E-state index contributed by atoms with van der Waals surface area (Å²) in [6.07, 6.45) is 8.03. The molecule has 8 heteroatoms. The number of rotatable bonds is 5. The van der Waals surface area contributed by atoms with Gasteiger partial charge in [0.2, 0.25) is 11.9 Å². The van der Waals surface area contributed by atoms with Crippen LogP contribution in [-0.4, -0.2) is 58.9 Å². The van der Waals surface area contributed by atoms with Gasteiger partial charge in [-0.2, -0.15) is 0 Å². The molecule has 0 bridgehead atoms. The van der Waals surface area contributed by atoms with Gasteiger partial charge in [0.05, 0.1) is 19.2 Å². The second-order valence-corrected chi connectivity index (χ2v) is 7.54. The number of nitrogens with zero attached hydrogens (tertiary/aromatic N) is 5. The van der Waals surface area contributed by atoms with Crippen molar-refractivity contribution in [2.75, 3.05) is 26.8 Å². The molecule has 3 aliphatic rings. The number of imide groups is 1. The molecular formula is C19H28N5O3+. The van der Waals surface area contributed by atoms with E-state index < -0.39 is 6.04 Å². The van der Waals surface area contributed by atoms with Crippen LogP contribution in [0.25, 0.3) is 0 Å². The second kappa shape index (κ2) is 7.07. The molecule has 1 saturated carbocycles. The molecule has 1 aliphatic carbocycles. The highest BCUT2D eigenvalue weighted by Crippen LogP contribution is 2.36. The highest BCUT2D eigenvalue weighted by molar-refractivity contribution is 6.19. The zero-order valence-electron chi connectivity index (χ0n) is 16.3. The quantitative estimate of drug-likeness (QED) is 0.585. The summed E-state index contributed by atoms with van der Waals surface area (Å²) >= 11 is 0. The summed E-state index contributed by atoms with van der Waals surface area (Å²) in [5.41, 5.74) is 1.12. The van der Waals surface area contributed by atoms with Crippen LogP contribution in [0.15, 0.2) is 11.2 Å². The number of amides is 3. The number of aryl methyl sites for hydroxylation is 1.